The van der Waals surface area contributed by atoms with Gasteiger partial charge in [-0.3, -0.25) is 9.59 Å². The molecule has 0 aliphatic heterocycles. The van der Waals surface area contributed by atoms with Crippen molar-refractivity contribution in [1.82, 2.24) is 0 Å². The molecule has 1 rings (SSSR count). The van der Waals surface area contributed by atoms with Crippen LogP contribution in [-0.2, 0) is 20.9 Å². The first-order chi connectivity index (χ1) is 8.49. The monoisotopic (exact) mass is 249 g/mol. The molecule has 0 aromatic heterocycles. The van der Waals surface area contributed by atoms with E-state index in [1.165, 1.54) is 6.92 Å². The van der Waals surface area contributed by atoms with Crippen molar-refractivity contribution in [2.24, 2.45) is 0 Å². The van der Waals surface area contributed by atoms with Crippen LogP contribution in [0.25, 0.3) is 0 Å². The number of carboxylic acids is 1. The maximum absolute atomic E-state index is 10.5. The van der Waals surface area contributed by atoms with Crippen molar-refractivity contribution in [1.29, 1.82) is 5.26 Å². The molecule has 0 saturated carbocycles. The van der Waals surface area contributed by atoms with Crippen LogP contribution in [0.2, 0.25) is 0 Å². The van der Waals surface area contributed by atoms with Crippen LogP contribution in [0.3, 0.4) is 0 Å². The molecule has 0 spiro atoms. The first-order valence-electron chi connectivity index (χ1n) is 5.33. The molecule has 0 fully saturated rings. The van der Waals surface area contributed by atoms with Crippen LogP contribution in [0.5, 0.6) is 0 Å². The van der Waals surface area contributed by atoms with Gasteiger partial charge in [-0.25, -0.2) is 0 Å². The molecule has 0 heterocycles. The quantitative estimate of drug-likeness (QED) is 0.829. The lowest BCUT2D eigenvalue weighted by Crippen LogP contribution is -1.98. The van der Waals surface area contributed by atoms with Crippen molar-refractivity contribution in [2.75, 3.05) is 0 Å². The zero-order valence-corrected chi connectivity index (χ0v) is 10.3. The number of benzene rings is 1. The summed E-state index contributed by atoms with van der Waals surface area (Å²) in [7, 11) is 0. The van der Waals surface area contributed by atoms with Gasteiger partial charge in [-0.15, -0.1) is 0 Å². The third kappa shape index (κ3) is 7.88. The largest absolute Gasteiger partial charge is 0.481 e. The van der Waals surface area contributed by atoms with E-state index >= 15 is 0 Å². The smallest absolute Gasteiger partial charge is 0.303 e. The summed E-state index contributed by atoms with van der Waals surface area (Å²) in [4.78, 5) is 19.8. The number of carboxylic acid groups (broad SMARTS) is 1. The molecule has 1 aromatic rings. The van der Waals surface area contributed by atoms with Crippen molar-refractivity contribution < 1.29 is 19.4 Å². The minimum absolute atomic E-state index is 0.222. The fraction of sp³-hybridized carbons (Fsp3) is 0.308. The van der Waals surface area contributed by atoms with E-state index in [0.29, 0.717) is 5.56 Å². The second kappa shape index (κ2) is 8.76. The van der Waals surface area contributed by atoms with Crippen molar-refractivity contribution in [3.8, 4) is 6.07 Å². The molecule has 1 aromatic carbocycles. The van der Waals surface area contributed by atoms with Gasteiger partial charge in [-0.1, -0.05) is 19.1 Å². The van der Waals surface area contributed by atoms with Crippen LogP contribution < -0.4 is 0 Å². The van der Waals surface area contributed by atoms with E-state index in [2.05, 4.69) is 0 Å². The zero-order valence-electron chi connectivity index (χ0n) is 10.3. The number of carbonyl (C=O) groups is 2. The minimum atomic E-state index is -0.745. The highest BCUT2D eigenvalue weighted by molar-refractivity contribution is 5.66. The van der Waals surface area contributed by atoms with E-state index in [-0.39, 0.29) is 19.0 Å². The van der Waals surface area contributed by atoms with Crippen LogP contribution >= 0.6 is 0 Å². The van der Waals surface area contributed by atoms with Gasteiger partial charge in [0.05, 0.1) is 11.6 Å². The molecule has 0 aliphatic carbocycles. The number of nitriles is 1. The van der Waals surface area contributed by atoms with Crippen molar-refractivity contribution in [2.45, 2.75) is 26.9 Å². The highest BCUT2D eigenvalue weighted by atomic mass is 16.5. The summed E-state index contributed by atoms with van der Waals surface area (Å²) >= 11 is 0. The first kappa shape index (κ1) is 15.7. The van der Waals surface area contributed by atoms with E-state index in [4.69, 9.17) is 15.1 Å². The predicted octanol–water partition coefficient (Wildman–Crippen LogP) is 2.10. The Morgan fingerprint density at radius 3 is 2.17 bits per heavy atom. The Morgan fingerprint density at radius 2 is 1.83 bits per heavy atom. The van der Waals surface area contributed by atoms with Gasteiger partial charge in [0.15, 0.2) is 0 Å². The van der Waals surface area contributed by atoms with E-state index in [0.717, 1.165) is 5.56 Å². The molecule has 0 unspecified atom stereocenters. The van der Waals surface area contributed by atoms with Gasteiger partial charge >= 0.3 is 11.9 Å². The number of aliphatic carboxylic acids is 1. The number of carbonyl (C=O) groups excluding carboxylic acids is 1. The summed E-state index contributed by atoms with van der Waals surface area (Å²) < 4.78 is 4.78. The predicted molar refractivity (Wildman–Crippen MR) is 64.6 cm³/mol. The number of hydrogen-bond acceptors (Lipinski definition) is 4. The molecule has 0 bridgehead atoms. The molecule has 5 nitrogen and oxygen atoms in total. The average molecular weight is 249 g/mol. The molecular weight excluding hydrogens is 234 g/mol. The molecule has 5 heteroatoms. The Hall–Kier alpha value is -2.35. The van der Waals surface area contributed by atoms with E-state index < -0.39 is 5.97 Å². The van der Waals surface area contributed by atoms with Gasteiger partial charge in [0.1, 0.15) is 6.61 Å². The summed E-state index contributed by atoms with van der Waals surface area (Å²) in [5, 5.41) is 16.2. The van der Waals surface area contributed by atoms with Gasteiger partial charge in [-0.2, -0.15) is 5.26 Å². The van der Waals surface area contributed by atoms with E-state index in [1.54, 1.807) is 31.2 Å². The third-order valence-corrected chi connectivity index (χ3v) is 1.83. The standard InChI is InChI=1S/C10H9NO2.C3H6O2/c1-8(12)13-7-10-4-2-9(6-11)3-5-10;1-2-3(4)5/h2-5H,7H2,1H3;2H2,1H3,(H,4,5). The Balaban J connectivity index is 0.000000494. The zero-order chi connectivity index (χ0) is 14.0. The fourth-order valence-electron chi connectivity index (χ4n) is 0.860. The Bertz CT molecular complexity index is 431. The van der Waals surface area contributed by atoms with E-state index in [1.807, 2.05) is 6.07 Å². The number of ether oxygens (including phenoxy) is 1. The molecule has 1 N–H and O–H groups in total. The van der Waals surface area contributed by atoms with Gasteiger partial charge in [0, 0.05) is 13.3 Å². The summed E-state index contributed by atoms with van der Waals surface area (Å²) in [6.07, 6.45) is 0.222. The lowest BCUT2D eigenvalue weighted by atomic mass is 10.2. The van der Waals surface area contributed by atoms with Crippen LogP contribution in [-0.4, -0.2) is 17.0 Å². The Kier molecular flexibility index (Phi) is 7.62. The normalized spacial score (nSPS) is 8.50. The fourth-order valence-corrected chi connectivity index (χ4v) is 0.860. The minimum Gasteiger partial charge on any atom is -0.481 e. The van der Waals surface area contributed by atoms with E-state index in [9.17, 15) is 9.59 Å². The molecule has 18 heavy (non-hydrogen) atoms. The molecule has 0 radical (unpaired) electrons. The molecule has 0 atom stereocenters. The van der Waals surface area contributed by atoms with Crippen molar-refractivity contribution in [3.05, 3.63) is 35.4 Å². The summed E-state index contributed by atoms with van der Waals surface area (Å²) in [5.74, 6) is -1.05. The maximum atomic E-state index is 10.5. The molecule has 96 valence electrons. The van der Waals surface area contributed by atoms with Crippen molar-refractivity contribution >= 4 is 11.9 Å². The Labute approximate surface area is 106 Å². The molecule has 0 saturated heterocycles. The number of nitrogens with zero attached hydrogens (tertiary/aromatic N) is 1. The highest BCUT2D eigenvalue weighted by Gasteiger charge is 1.96. The van der Waals surface area contributed by atoms with Gasteiger partial charge in [0.2, 0.25) is 0 Å². The number of rotatable bonds is 3. The van der Waals surface area contributed by atoms with Gasteiger partial charge in [0.25, 0.3) is 0 Å². The molecule has 0 amide bonds. The second-order valence-electron chi connectivity index (χ2n) is 3.34. The summed E-state index contributed by atoms with van der Waals surface area (Å²) in [6.45, 7) is 3.23. The maximum Gasteiger partial charge on any atom is 0.303 e. The van der Waals surface area contributed by atoms with Crippen molar-refractivity contribution in [3.63, 3.8) is 0 Å². The van der Waals surface area contributed by atoms with Crippen LogP contribution in [0, 0.1) is 11.3 Å². The number of hydrogen-bond donors (Lipinski definition) is 1. The summed E-state index contributed by atoms with van der Waals surface area (Å²) in [5.41, 5.74) is 1.49. The second-order valence-corrected chi connectivity index (χ2v) is 3.34. The van der Waals surface area contributed by atoms with Gasteiger partial charge < -0.3 is 9.84 Å². The number of esters is 1. The lowest BCUT2D eigenvalue weighted by Gasteiger charge is -2.00. The average Bonchev–Trinajstić information content (AvgIpc) is 2.37. The molecular formula is C13H15NO4. The third-order valence-electron chi connectivity index (χ3n) is 1.83. The summed E-state index contributed by atoms with van der Waals surface area (Å²) in [6, 6.07) is 8.93. The lowest BCUT2D eigenvalue weighted by molar-refractivity contribution is -0.142. The SMILES string of the molecule is CC(=O)OCc1ccc(C#N)cc1.CCC(=O)O. The van der Waals surface area contributed by atoms with Gasteiger partial charge in [-0.05, 0) is 17.7 Å². The highest BCUT2D eigenvalue weighted by Crippen LogP contribution is 2.04. The topological polar surface area (TPSA) is 87.4 Å². The van der Waals surface area contributed by atoms with Crippen LogP contribution in [0.1, 0.15) is 31.4 Å². The van der Waals surface area contributed by atoms with Crippen LogP contribution in [0.4, 0.5) is 0 Å². The first-order valence-corrected chi connectivity index (χ1v) is 5.33. The molecule has 0 aliphatic rings. The Morgan fingerprint density at radius 1 is 1.33 bits per heavy atom. The van der Waals surface area contributed by atoms with Crippen LogP contribution in [0.15, 0.2) is 24.3 Å².